The van der Waals surface area contributed by atoms with Crippen LogP contribution in [0, 0.1) is 0 Å². The number of fused-ring (bicyclic) bond motifs is 1. The van der Waals surface area contributed by atoms with Gasteiger partial charge in [0.15, 0.2) is 18.1 Å². The summed E-state index contributed by atoms with van der Waals surface area (Å²) in [7, 11) is 0. The number of ether oxygens (including phenoxy) is 3. The van der Waals surface area contributed by atoms with Gasteiger partial charge in [0.2, 0.25) is 0 Å². The van der Waals surface area contributed by atoms with Crippen molar-refractivity contribution in [2.75, 3.05) is 19.8 Å². The molecule has 1 heterocycles. The van der Waals surface area contributed by atoms with E-state index in [4.69, 9.17) is 37.4 Å². The maximum absolute atomic E-state index is 12.1. The zero-order valence-electron chi connectivity index (χ0n) is 13.6. The van der Waals surface area contributed by atoms with Gasteiger partial charge in [0.1, 0.15) is 19.0 Å². The van der Waals surface area contributed by atoms with Crippen molar-refractivity contribution in [2.45, 2.75) is 13.0 Å². The van der Waals surface area contributed by atoms with E-state index < -0.39 is 0 Å². The van der Waals surface area contributed by atoms with Crippen LogP contribution in [0.2, 0.25) is 10.0 Å². The predicted molar refractivity (Wildman–Crippen MR) is 95.9 cm³/mol. The molecule has 1 N–H and O–H groups in total. The summed E-state index contributed by atoms with van der Waals surface area (Å²) >= 11 is 11.8. The minimum absolute atomic E-state index is 0.133. The largest absolute Gasteiger partial charge is 0.486 e. The first-order chi connectivity index (χ1) is 12.0. The highest BCUT2D eigenvalue weighted by atomic mass is 35.5. The zero-order chi connectivity index (χ0) is 17.8. The number of halogens is 2. The number of hydrogen-bond acceptors (Lipinski definition) is 4. The Hall–Kier alpha value is -2.11. The molecule has 5 nitrogen and oxygen atoms in total. The highest BCUT2D eigenvalue weighted by molar-refractivity contribution is 6.34. The minimum Gasteiger partial charge on any atom is -0.486 e. The fraction of sp³-hybridized carbons (Fsp3) is 0.278. The molecule has 1 aliphatic heterocycles. The van der Waals surface area contributed by atoms with Crippen molar-refractivity contribution < 1.29 is 19.0 Å². The average molecular weight is 382 g/mol. The van der Waals surface area contributed by atoms with Crippen LogP contribution in [-0.4, -0.2) is 25.7 Å². The second-order valence-electron chi connectivity index (χ2n) is 5.59. The predicted octanol–water partition coefficient (Wildman–Crippen LogP) is 4.02. The molecule has 25 heavy (non-hydrogen) atoms. The first-order valence-electron chi connectivity index (χ1n) is 7.79. The van der Waals surface area contributed by atoms with E-state index in [0.29, 0.717) is 34.8 Å². The van der Waals surface area contributed by atoms with Crippen LogP contribution in [0.25, 0.3) is 0 Å². The SMILES string of the molecule is C[C@@H](NC(=O)COc1cc(Cl)cc(Cl)c1)c1ccc2c(c1)OCCO2. The summed E-state index contributed by atoms with van der Waals surface area (Å²) in [6.07, 6.45) is 0. The Labute approximate surface area is 155 Å². The topological polar surface area (TPSA) is 56.8 Å². The van der Waals surface area contributed by atoms with E-state index in [1.165, 1.54) is 0 Å². The van der Waals surface area contributed by atoms with Crippen molar-refractivity contribution in [1.29, 1.82) is 0 Å². The van der Waals surface area contributed by atoms with Crippen LogP contribution in [0.1, 0.15) is 18.5 Å². The monoisotopic (exact) mass is 381 g/mol. The molecular formula is C18H17Cl2NO4. The average Bonchev–Trinajstić information content (AvgIpc) is 2.58. The Morgan fingerprint density at radius 3 is 2.52 bits per heavy atom. The summed E-state index contributed by atoms with van der Waals surface area (Å²) in [6, 6.07) is 10.2. The molecule has 0 aromatic heterocycles. The molecule has 3 rings (SSSR count). The molecular weight excluding hydrogens is 365 g/mol. The lowest BCUT2D eigenvalue weighted by atomic mass is 10.1. The quantitative estimate of drug-likeness (QED) is 0.849. The summed E-state index contributed by atoms with van der Waals surface area (Å²) in [5, 5.41) is 3.78. The van der Waals surface area contributed by atoms with Crippen LogP contribution >= 0.6 is 23.2 Å². The van der Waals surface area contributed by atoms with Gasteiger partial charge in [-0.15, -0.1) is 0 Å². The van der Waals surface area contributed by atoms with Gasteiger partial charge >= 0.3 is 0 Å². The summed E-state index contributed by atoms with van der Waals surface area (Å²) < 4.78 is 16.5. The van der Waals surface area contributed by atoms with Gasteiger partial charge in [-0.3, -0.25) is 4.79 Å². The van der Waals surface area contributed by atoms with E-state index in [-0.39, 0.29) is 18.6 Å². The molecule has 0 bridgehead atoms. The van der Waals surface area contributed by atoms with Crippen LogP contribution in [-0.2, 0) is 4.79 Å². The maximum Gasteiger partial charge on any atom is 0.258 e. The molecule has 0 radical (unpaired) electrons. The Bertz CT molecular complexity index is 761. The fourth-order valence-electron chi connectivity index (χ4n) is 2.46. The Kier molecular flexibility index (Phi) is 5.56. The van der Waals surface area contributed by atoms with E-state index in [1.807, 2.05) is 25.1 Å². The maximum atomic E-state index is 12.1. The molecule has 1 amide bonds. The molecule has 2 aromatic rings. The van der Waals surface area contributed by atoms with Crippen LogP contribution in [0.4, 0.5) is 0 Å². The molecule has 2 aromatic carbocycles. The Morgan fingerprint density at radius 2 is 1.80 bits per heavy atom. The van der Waals surface area contributed by atoms with E-state index in [9.17, 15) is 4.79 Å². The summed E-state index contributed by atoms with van der Waals surface area (Å²) in [5.74, 6) is 1.60. The van der Waals surface area contributed by atoms with E-state index >= 15 is 0 Å². The number of carbonyl (C=O) groups is 1. The van der Waals surface area contributed by atoms with E-state index in [1.54, 1.807) is 18.2 Å². The van der Waals surface area contributed by atoms with Gasteiger partial charge in [-0.05, 0) is 42.8 Å². The normalized spacial score (nSPS) is 13.9. The first kappa shape index (κ1) is 17.7. The van der Waals surface area contributed by atoms with Crippen molar-refractivity contribution in [3.05, 3.63) is 52.0 Å². The zero-order valence-corrected chi connectivity index (χ0v) is 15.1. The fourth-order valence-corrected chi connectivity index (χ4v) is 2.96. The van der Waals surface area contributed by atoms with Crippen molar-refractivity contribution in [3.63, 3.8) is 0 Å². The number of carbonyl (C=O) groups excluding carboxylic acids is 1. The van der Waals surface area contributed by atoms with E-state index in [2.05, 4.69) is 5.32 Å². The van der Waals surface area contributed by atoms with Crippen molar-refractivity contribution in [3.8, 4) is 17.2 Å². The summed E-state index contributed by atoms with van der Waals surface area (Å²) in [6.45, 7) is 2.82. The molecule has 0 unspecified atom stereocenters. The van der Waals surface area contributed by atoms with Crippen LogP contribution in [0.5, 0.6) is 17.2 Å². The molecule has 0 aliphatic carbocycles. The lowest BCUT2D eigenvalue weighted by Gasteiger charge is -2.21. The second-order valence-corrected chi connectivity index (χ2v) is 6.46. The molecule has 0 fully saturated rings. The van der Waals surface area contributed by atoms with Crippen molar-refractivity contribution in [1.82, 2.24) is 5.32 Å². The van der Waals surface area contributed by atoms with Gasteiger partial charge < -0.3 is 19.5 Å². The molecule has 1 atom stereocenters. The van der Waals surface area contributed by atoms with Crippen LogP contribution in [0.3, 0.4) is 0 Å². The molecule has 7 heteroatoms. The number of hydrogen-bond donors (Lipinski definition) is 1. The third-order valence-corrected chi connectivity index (χ3v) is 4.09. The van der Waals surface area contributed by atoms with Gasteiger partial charge in [0.25, 0.3) is 5.91 Å². The highest BCUT2D eigenvalue weighted by Gasteiger charge is 2.16. The first-order valence-corrected chi connectivity index (χ1v) is 8.54. The molecule has 0 saturated carbocycles. The molecule has 132 valence electrons. The lowest BCUT2D eigenvalue weighted by molar-refractivity contribution is -0.123. The van der Waals surface area contributed by atoms with E-state index in [0.717, 1.165) is 11.3 Å². The van der Waals surface area contributed by atoms with Crippen LogP contribution in [0.15, 0.2) is 36.4 Å². The number of amides is 1. The van der Waals surface area contributed by atoms with Gasteiger partial charge in [-0.25, -0.2) is 0 Å². The van der Waals surface area contributed by atoms with Gasteiger partial charge in [0.05, 0.1) is 6.04 Å². The van der Waals surface area contributed by atoms with Crippen LogP contribution < -0.4 is 19.5 Å². The van der Waals surface area contributed by atoms with Gasteiger partial charge in [0, 0.05) is 10.0 Å². The third-order valence-electron chi connectivity index (χ3n) is 3.65. The molecule has 0 saturated heterocycles. The molecule has 0 spiro atoms. The summed E-state index contributed by atoms with van der Waals surface area (Å²) in [4.78, 5) is 12.1. The van der Waals surface area contributed by atoms with Crippen molar-refractivity contribution in [2.24, 2.45) is 0 Å². The molecule has 1 aliphatic rings. The standard InChI is InChI=1S/C18H17Cl2NO4/c1-11(12-2-3-16-17(6-12)24-5-4-23-16)21-18(22)10-25-15-8-13(19)7-14(20)9-15/h2-3,6-9,11H,4-5,10H2,1H3,(H,21,22)/t11-/m1/s1. The number of rotatable bonds is 5. The van der Waals surface area contributed by atoms with Gasteiger partial charge in [-0.2, -0.15) is 0 Å². The Balaban J connectivity index is 1.57. The summed E-state index contributed by atoms with van der Waals surface area (Å²) in [5.41, 5.74) is 0.920. The Morgan fingerprint density at radius 1 is 1.12 bits per heavy atom. The second kappa shape index (κ2) is 7.85. The smallest absolute Gasteiger partial charge is 0.258 e. The number of nitrogens with one attached hydrogen (secondary N) is 1. The highest BCUT2D eigenvalue weighted by Crippen LogP contribution is 2.32. The van der Waals surface area contributed by atoms with Crippen molar-refractivity contribution >= 4 is 29.1 Å². The lowest BCUT2D eigenvalue weighted by Crippen LogP contribution is -2.31. The minimum atomic E-state index is -0.251. The third kappa shape index (κ3) is 4.71. The van der Waals surface area contributed by atoms with Gasteiger partial charge in [-0.1, -0.05) is 29.3 Å². The number of benzene rings is 2.